The van der Waals surface area contributed by atoms with E-state index < -0.39 is 15.8 Å². The van der Waals surface area contributed by atoms with Crippen LogP contribution < -0.4 is 10.5 Å². The number of aryl methyl sites for hydroxylation is 1. The number of nitrogens with two attached hydrogens (primary N) is 1. The van der Waals surface area contributed by atoms with E-state index in [1.54, 1.807) is 0 Å². The van der Waals surface area contributed by atoms with Crippen LogP contribution in [-0.2, 0) is 10.0 Å². The molecule has 0 aromatic heterocycles. The minimum Gasteiger partial charge on any atom is -0.326 e. The molecule has 1 unspecified atom stereocenters. The number of halogens is 2. The van der Waals surface area contributed by atoms with Gasteiger partial charge in [0.15, 0.2) is 0 Å². The maximum absolute atomic E-state index is 13.1. The molecule has 1 fully saturated rings. The predicted molar refractivity (Wildman–Crippen MR) is 74.3 cm³/mol. The van der Waals surface area contributed by atoms with Crippen LogP contribution in [0.1, 0.15) is 18.4 Å². The summed E-state index contributed by atoms with van der Waals surface area (Å²) in [6.07, 6.45) is 2.14. The van der Waals surface area contributed by atoms with Gasteiger partial charge in [-0.1, -0.05) is 0 Å². The average Bonchev–Trinajstić information content (AvgIpc) is 3.13. The van der Waals surface area contributed by atoms with E-state index in [1.165, 1.54) is 19.1 Å². The van der Waals surface area contributed by atoms with Crippen molar-refractivity contribution in [3.05, 3.63) is 29.6 Å². The van der Waals surface area contributed by atoms with Gasteiger partial charge in [-0.2, -0.15) is 0 Å². The van der Waals surface area contributed by atoms with Crippen molar-refractivity contribution < 1.29 is 12.8 Å². The monoisotopic (exact) mass is 308 g/mol. The van der Waals surface area contributed by atoms with Gasteiger partial charge >= 0.3 is 0 Å². The Morgan fingerprint density at radius 3 is 2.63 bits per heavy atom. The molecular formula is C12H18ClFN2O2S. The molecule has 0 amide bonds. The number of hydrogen-bond acceptors (Lipinski definition) is 3. The Morgan fingerprint density at radius 2 is 2.11 bits per heavy atom. The van der Waals surface area contributed by atoms with E-state index in [4.69, 9.17) is 5.73 Å². The van der Waals surface area contributed by atoms with Crippen molar-refractivity contribution in [2.75, 3.05) is 6.54 Å². The lowest BCUT2D eigenvalue weighted by Crippen LogP contribution is -2.38. The fraction of sp³-hybridized carbons (Fsp3) is 0.500. The van der Waals surface area contributed by atoms with E-state index in [2.05, 4.69) is 4.72 Å². The molecule has 4 nitrogen and oxygen atoms in total. The summed E-state index contributed by atoms with van der Waals surface area (Å²) in [6.45, 7) is 1.76. The first-order chi connectivity index (χ1) is 8.40. The highest BCUT2D eigenvalue weighted by Crippen LogP contribution is 2.31. The van der Waals surface area contributed by atoms with E-state index in [9.17, 15) is 12.8 Å². The number of nitrogens with one attached hydrogen (secondary N) is 1. The zero-order chi connectivity index (χ0) is 13.3. The topological polar surface area (TPSA) is 72.2 Å². The summed E-state index contributed by atoms with van der Waals surface area (Å²) in [4.78, 5) is 0.0735. The fourth-order valence-corrected chi connectivity index (χ4v) is 2.92. The van der Waals surface area contributed by atoms with Gasteiger partial charge in [-0.05, 0) is 49.4 Å². The molecule has 0 aliphatic heterocycles. The highest BCUT2D eigenvalue weighted by atomic mass is 35.5. The Kier molecular flexibility index (Phi) is 5.32. The molecule has 7 heteroatoms. The van der Waals surface area contributed by atoms with Crippen LogP contribution in [-0.4, -0.2) is 21.0 Å². The first-order valence-corrected chi connectivity index (χ1v) is 7.40. The highest BCUT2D eigenvalue weighted by Gasteiger charge is 2.29. The molecule has 0 spiro atoms. The molecule has 2 rings (SSSR count). The molecule has 0 radical (unpaired) electrons. The minimum absolute atomic E-state index is 0. The Morgan fingerprint density at radius 1 is 1.47 bits per heavy atom. The van der Waals surface area contributed by atoms with Crippen LogP contribution in [0.3, 0.4) is 0 Å². The van der Waals surface area contributed by atoms with Gasteiger partial charge in [0.05, 0.1) is 4.90 Å². The van der Waals surface area contributed by atoms with Gasteiger partial charge in [0.25, 0.3) is 0 Å². The second-order valence-electron chi connectivity index (χ2n) is 4.76. The van der Waals surface area contributed by atoms with Crippen molar-refractivity contribution in [3.63, 3.8) is 0 Å². The van der Waals surface area contributed by atoms with Gasteiger partial charge in [0.2, 0.25) is 10.0 Å². The third kappa shape index (κ3) is 4.14. The second kappa shape index (κ2) is 6.17. The zero-order valence-electron chi connectivity index (χ0n) is 10.6. The second-order valence-corrected chi connectivity index (χ2v) is 6.53. The largest absolute Gasteiger partial charge is 0.326 e. The Balaban J connectivity index is 0.00000180. The summed E-state index contributed by atoms with van der Waals surface area (Å²) in [5, 5.41) is 0. The molecule has 1 atom stereocenters. The first-order valence-electron chi connectivity index (χ1n) is 5.91. The van der Waals surface area contributed by atoms with Crippen molar-refractivity contribution in [2.24, 2.45) is 11.7 Å². The van der Waals surface area contributed by atoms with Crippen LogP contribution in [0, 0.1) is 18.7 Å². The van der Waals surface area contributed by atoms with Crippen molar-refractivity contribution in [1.82, 2.24) is 4.72 Å². The quantitative estimate of drug-likeness (QED) is 0.867. The zero-order valence-corrected chi connectivity index (χ0v) is 12.2. The first kappa shape index (κ1) is 16.4. The van der Waals surface area contributed by atoms with Crippen molar-refractivity contribution in [1.29, 1.82) is 0 Å². The summed E-state index contributed by atoms with van der Waals surface area (Å²) in [5.41, 5.74) is 6.14. The van der Waals surface area contributed by atoms with Gasteiger partial charge in [-0.25, -0.2) is 17.5 Å². The average molecular weight is 309 g/mol. The van der Waals surface area contributed by atoms with Gasteiger partial charge < -0.3 is 5.73 Å². The maximum Gasteiger partial charge on any atom is 0.240 e. The summed E-state index contributed by atoms with van der Waals surface area (Å²) in [6, 6.07) is 3.60. The molecule has 0 saturated heterocycles. The number of hydrogen-bond donors (Lipinski definition) is 2. The summed E-state index contributed by atoms with van der Waals surface area (Å²) >= 11 is 0. The molecule has 1 saturated carbocycles. The third-order valence-electron chi connectivity index (χ3n) is 3.18. The number of rotatable bonds is 5. The van der Waals surface area contributed by atoms with Gasteiger partial charge in [0.1, 0.15) is 5.82 Å². The normalized spacial score (nSPS) is 16.8. The molecular weight excluding hydrogens is 291 g/mol. The molecule has 19 heavy (non-hydrogen) atoms. The van der Waals surface area contributed by atoms with E-state index >= 15 is 0 Å². The van der Waals surface area contributed by atoms with Crippen LogP contribution in [0.15, 0.2) is 23.1 Å². The van der Waals surface area contributed by atoms with Crippen molar-refractivity contribution in [2.45, 2.75) is 30.7 Å². The summed E-state index contributed by atoms with van der Waals surface area (Å²) < 4.78 is 39.5. The Hall–Kier alpha value is -0.690. The van der Waals surface area contributed by atoms with Crippen molar-refractivity contribution >= 4 is 22.4 Å². The van der Waals surface area contributed by atoms with E-state index in [1.807, 2.05) is 0 Å². The molecule has 1 aromatic rings. The van der Waals surface area contributed by atoms with Crippen LogP contribution in [0.5, 0.6) is 0 Å². The van der Waals surface area contributed by atoms with E-state index in [0.717, 1.165) is 18.9 Å². The highest BCUT2D eigenvalue weighted by molar-refractivity contribution is 7.89. The van der Waals surface area contributed by atoms with E-state index in [0.29, 0.717) is 11.5 Å². The summed E-state index contributed by atoms with van der Waals surface area (Å²) in [5.74, 6) is 0.0197. The van der Waals surface area contributed by atoms with Gasteiger partial charge in [0, 0.05) is 12.6 Å². The minimum atomic E-state index is -3.60. The lowest BCUT2D eigenvalue weighted by atomic mass is 10.2. The SMILES string of the molecule is Cc1cc(S(=O)(=O)NCC(N)C2CC2)ccc1F.Cl. The van der Waals surface area contributed by atoms with Gasteiger partial charge in [-0.15, -0.1) is 12.4 Å². The van der Waals surface area contributed by atoms with Crippen LogP contribution in [0.25, 0.3) is 0 Å². The lowest BCUT2D eigenvalue weighted by molar-refractivity contribution is 0.547. The van der Waals surface area contributed by atoms with Crippen LogP contribution in [0.2, 0.25) is 0 Å². The maximum atomic E-state index is 13.1. The molecule has 108 valence electrons. The smallest absolute Gasteiger partial charge is 0.240 e. The number of sulfonamides is 1. The molecule has 0 bridgehead atoms. The Labute approximate surface area is 119 Å². The predicted octanol–water partition coefficient (Wildman–Crippen LogP) is 1.57. The molecule has 3 N–H and O–H groups in total. The number of benzene rings is 1. The van der Waals surface area contributed by atoms with Crippen LogP contribution >= 0.6 is 12.4 Å². The van der Waals surface area contributed by atoms with Crippen LogP contribution in [0.4, 0.5) is 4.39 Å². The van der Waals surface area contributed by atoms with Gasteiger partial charge in [-0.3, -0.25) is 0 Å². The summed E-state index contributed by atoms with van der Waals surface area (Å²) in [7, 11) is -3.60. The standard InChI is InChI=1S/C12H17FN2O2S.ClH/c1-8-6-10(4-5-11(8)13)18(16,17)15-7-12(14)9-2-3-9;/h4-6,9,12,15H,2-3,7,14H2,1H3;1H. The molecule has 1 aliphatic carbocycles. The lowest BCUT2D eigenvalue weighted by Gasteiger charge is -2.12. The molecule has 0 heterocycles. The Bertz CT molecular complexity index is 547. The molecule has 1 aromatic carbocycles. The third-order valence-corrected chi connectivity index (χ3v) is 4.60. The van der Waals surface area contributed by atoms with E-state index in [-0.39, 0.29) is 29.9 Å². The molecule has 1 aliphatic rings. The fourth-order valence-electron chi connectivity index (χ4n) is 1.76. The van der Waals surface area contributed by atoms with Crippen molar-refractivity contribution in [3.8, 4) is 0 Å².